The second-order valence-corrected chi connectivity index (χ2v) is 7.04. The first kappa shape index (κ1) is 16.9. The quantitative estimate of drug-likeness (QED) is 0.902. The van der Waals surface area contributed by atoms with Gasteiger partial charge in [-0.15, -0.1) is 11.3 Å². The molecule has 3 heterocycles. The summed E-state index contributed by atoms with van der Waals surface area (Å²) < 4.78 is 1.49. The first-order valence-corrected chi connectivity index (χ1v) is 8.92. The minimum absolute atomic E-state index is 0.101. The Balaban J connectivity index is 1.71. The number of likely N-dealkylation sites (tertiary alicyclic amines) is 1. The molecule has 9 heteroatoms. The molecule has 24 heavy (non-hydrogen) atoms. The summed E-state index contributed by atoms with van der Waals surface area (Å²) >= 11 is 7.56. The zero-order valence-electron chi connectivity index (χ0n) is 13.5. The van der Waals surface area contributed by atoms with E-state index < -0.39 is 0 Å². The van der Waals surface area contributed by atoms with Gasteiger partial charge in [-0.2, -0.15) is 5.10 Å². The standard InChI is InChI=1S/C15H18ClN5O2S/c1-9-11(12(16)20(2)19-9)14(23)21-6-3-4-10(8-21)13(22)18-15-17-5-7-24-15/h5,7,10H,3-4,6,8H2,1-2H3,(H,17,18,22). The lowest BCUT2D eigenvalue weighted by atomic mass is 9.96. The zero-order valence-corrected chi connectivity index (χ0v) is 15.0. The van der Waals surface area contributed by atoms with Crippen molar-refractivity contribution in [1.29, 1.82) is 0 Å². The Hall–Kier alpha value is -1.93. The number of thiazole rings is 1. The largest absolute Gasteiger partial charge is 0.338 e. The predicted molar refractivity (Wildman–Crippen MR) is 92.3 cm³/mol. The number of halogens is 1. The van der Waals surface area contributed by atoms with E-state index in [1.165, 1.54) is 16.0 Å². The lowest BCUT2D eigenvalue weighted by molar-refractivity contribution is -0.121. The molecule has 128 valence electrons. The van der Waals surface area contributed by atoms with Crippen LogP contribution in [0, 0.1) is 12.8 Å². The van der Waals surface area contributed by atoms with Gasteiger partial charge in [0.2, 0.25) is 5.91 Å². The lowest BCUT2D eigenvalue weighted by Crippen LogP contribution is -2.44. The van der Waals surface area contributed by atoms with Crippen LogP contribution in [0.15, 0.2) is 11.6 Å². The summed E-state index contributed by atoms with van der Waals surface area (Å²) in [6.07, 6.45) is 3.17. The van der Waals surface area contributed by atoms with Gasteiger partial charge in [0.05, 0.1) is 17.2 Å². The Labute approximate surface area is 148 Å². The molecule has 0 bridgehead atoms. The minimum atomic E-state index is -0.248. The number of rotatable bonds is 3. The van der Waals surface area contributed by atoms with Crippen molar-refractivity contribution in [2.45, 2.75) is 19.8 Å². The van der Waals surface area contributed by atoms with E-state index in [1.54, 1.807) is 30.4 Å². The first-order chi connectivity index (χ1) is 11.5. The molecule has 2 aromatic heterocycles. The van der Waals surface area contributed by atoms with Crippen LogP contribution in [0.2, 0.25) is 5.15 Å². The Bertz CT molecular complexity index is 758. The molecule has 1 unspecified atom stereocenters. The molecule has 0 spiro atoms. The fourth-order valence-electron chi connectivity index (χ4n) is 2.90. The van der Waals surface area contributed by atoms with Crippen LogP contribution >= 0.6 is 22.9 Å². The smallest absolute Gasteiger partial charge is 0.258 e. The molecule has 3 rings (SSSR count). The summed E-state index contributed by atoms with van der Waals surface area (Å²) in [7, 11) is 1.70. The second-order valence-electron chi connectivity index (χ2n) is 5.79. The van der Waals surface area contributed by atoms with E-state index in [9.17, 15) is 9.59 Å². The molecule has 1 N–H and O–H groups in total. The van der Waals surface area contributed by atoms with Crippen molar-refractivity contribution in [1.82, 2.24) is 19.7 Å². The van der Waals surface area contributed by atoms with Crippen LogP contribution in [0.5, 0.6) is 0 Å². The van der Waals surface area contributed by atoms with Crippen molar-refractivity contribution in [3.63, 3.8) is 0 Å². The molecule has 1 aliphatic rings. The van der Waals surface area contributed by atoms with Crippen LogP contribution < -0.4 is 5.32 Å². The fourth-order valence-corrected chi connectivity index (χ4v) is 3.69. The summed E-state index contributed by atoms with van der Waals surface area (Å²) in [6.45, 7) is 2.75. The molecule has 2 amide bonds. The van der Waals surface area contributed by atoms with Crippen LogP contribution in [0.4, 0.5) is 5.13 Å². The molecule has 7 nitrogen and oxygen atoms in total. The molecular formula is C15H18ClN5O2S. The number of carbonyl (C=O) groups is 2. The van der Waals surface area contributed by atoms with Crippen molar-refractivity contribution in [3.05, 3.63) is 28.0 Å². The maximum absolute atomic E-state index is 12.8. The molecular weight excluding hydrogens is 350 g/mol. The molecule has 1 saturated heterocycles. The van der Waals surface area contributed by atoms with Crippen LogP contribution in [0.1, 0.15) is 28.9 Å². The van der Waals surface area contributed by atoms with E-state index in [0.29, 0.717) is 34.6 Å². The number of carbonyl (C=O) groups excluding carboxylic acids is 2. The minimum Gasteiger partial charge on any atom is -0.338 e. The monoisotopic (exact) mass is 367 g/mol. The number of aryl methyl sites for hydroxylation is 2. The van der Waals surface area contributed by atoms with E-state index in [4.69, 9.17) is 11.6 Å². The van der Waals surface area contributed by atoms with E-state index in [2.05, 4.69) is 15.4 Å². The van der Waals surface area contributed by atoms with Crippen molar-refractivity contribution >= 4 is 39.9 Å². The molecule has 2 aromatic rings. The van der Waals surface area contributed by atoms with Crippen LogP contribution in [-0.2, 0) is 11.8 Å². The SMILES string of the molecule is Cc1nn(C)c(Cl)c1C(=O)N1CCCC(C(=O)Nc2nccs2)C1. The number of nitrogens with zero attached hydrogens (tertiary/aromatic N) is 4. The highest BCUT2D eigenvalue weighted by atomic mass is 35.5. The molecule has 1 fully saturated rings. The van der Waals surface area contributed by atoms with Crippen molar-refractivity contribution in [2.24, 2.45) is 13.0 Å². The van der Waals surface area contributed by atoms with E-state index in [1.807, 2.05) is 0 Å². The summed E-state index contributed by atoms with van der Waals surface area (Å²) in [5.74, 6) is -0.517. The normalized spacial score (nSPS) is 17.8. The van der Waals surface area contributed by atoms with Gasteiger partial charge in [-0.25, -0.2) is 4.98 Å². The second kappa shape index (κ2) is 6.90. The van der Waals surface area contributed by atoms with Gasteiger partial charge >= 0.3 is 0 Å². The number of nitrogens with one attached hydrogen (secondary N) is 1. The summed E-state index contributed by atoms with van der Waals surface area (Å²) in [6, 6.07) is 0. The van der Waals surface area contributed by atoms with E-state index in [0.717, 1.165) is 12.8 Å². The third-order valence-electron chi connectivity index (χ3n) is 4.11. The third kappa shape index (κ3) is 3.29. The van der Waals surface area contributed by atoms with Crippen LogP contribution in [0.25, 0.3) is 0 Å². The maximum atomic E-state index is 12.8. The summed E-state index contributed by atoms with van der Waals surface area (Å²) in [5, 5.41) is 9.70. The Morgan fingerprint density at radius 1 is 1.46 bits per heavy atom. The van der Waals surface area contributed by atoms with Gasteiger partial charge < -0.3 is 10.2 Å². The average Bonchev–Trinajstić information content (AvgIpc) is 3.15. The first-order valence-electron chi connectivity index (χ1n) is 7.66. The fraction of sp³-hybridized carbons (Fsp3) is 0.467. The third-order valence-corrected chi connectivity index (χ3v) is 5.23. The highest BCUT2D eigenvalue weighted by Crippen LogP contribution is 2.25. The molecule has 0 radical (unpaired) electrons. The van der Waals surface area contributed by atoms with Crippen LogP contribution in [-0.4, -0.2) is 44.6 Å². The molecule has 0 aliphatic carbocycles. The summed E-state index contributed by atoms with van der Waals surface area (Å²) in [5.41, 5.74) is 1.02. The number of anilines is 1. The van der Waals surface area contributed by atoms with Gasteiger partial charge in [0, 0.05) is 31.7 Å². The predicted octanol–water partition coefficient (Wildman–Crippen LogP) is 2.33. The zero-order chi connectivity index (χ0) is 17.3. The Kier molecular flexibility index (Phi) is 4.86. The Morgan fingerprint density at radius 2 is 2.25 bits per heavy atom. The molecule has 1 atom stereocenters. The molecule has 0 saturated carbocycles. The van der Waals surface area contributed by atoms with Gasteiger partial charge in [-0.05, 0) is 19.8 Å². The highest BCUT2D eigenvalue weighted by molar-refractivity contribution is 7.13. The molecule has 0 aromatic carbocycles. The van der Waals surface area contributed by atoms with Gasteiger partial charge in [0.25, 0.3) is 5.91 Å². The van der Waals surface area contributed by atoms with Crippen molar-refractivity contribution in [3.8, 4) is 0 Å². The average molecular weight is 368 g/mol. The van der Waals surface area contributed by atoms with Gasteiger partial charge in [-0.3, -0.25) is 14.3 Å². The van der Waals surface area contributed by atoms with Gasteiger partial charge in [-0.1, -0.05) is 11.6 Å². The van der Waals surface area contributed by atoms with Crippen molar-refractivity contribution < 1.29 is 9.59 Å². The highest BCUT2D eigenvalue weighted by Gasteiger charge is 2.31. The number of hydrogen-bond donors (Lipinski definition) is 1. The van der Waals surface area contributed by atoms with E-state index >= 15 is 0 Å². The van der Waals surface area contributed by atoms with Crippen molar-refractivity contribution in [2.75, 3.05) is 18.4 Å². The summed E-state index contributed by atoms with van der Waals surface area (Å²) in [4.78, 5) is 30.9. The van der Waals surface area contributed by atoms with E-state index in [-0.39, 0.29) is 17.7 Å². The lowest BCUT2D eigenvalue weighted by Gasteiger charge is -2.31. The number of amides is 2. The number of aromatic nitrogens is 3. The van der Waals surface area contributed by atoms with Crippen LogP contribution in [0.3, 0.4) is 0 Å². The van der Waals surface area contributed by atoms with Gasteiger partial charge in [0.15, 0.2) is 5.13 Å². The number of hydrogen-bond acceptors (Lipinski definition) is 5. The maximum Gasteiger partial charge on any atom is 0.258 e. The Morgan fingerprint density at radius 3 is 2.88 bits per heavy atom. The topological polar surface area (TPSA) is 80.1 Å². The number of piperidine rings is 1. The molecule has 1 aliphatic heterocycles. The van der Waals surface area contributed by atoms with Gasteiger partial charge in [0.1, 0.15) is 5.15 Å².